The highest BCUT2D eigenvalue weighted by Gasteiger charge is 1.84. The average Bonchev–Trinajstić information content (AvgIpc) is 2.38. The van der Waals surface area contributed by atoms with Crippen LogP contribution in [0.25, 0.3) is 0 Å². The lowest BCUT2D eigenvalue weighted by Crippen LogP contribution is -1.59. The van der Waals surface area contributed by atoms with Crippen molar-refractivity contribution in [2.24, 2.45) is 0 Å². The zero-order valence-electron chi connectivity index (χ0n) is 8.68. The summed E-state index contributed by atoms with van der Waals surface area (Å²) in [5.41, 5.74) is 1.38. The van der Waals surface area contributed by atoms with Crippen molar-refractivity contribution in [1.82, 2.24) is 0 Å². The Labute approximate surface area is 80.6 Å². The lowest BCUT2D eigenvalue weighted by atomic mass is 10.3. The van der Waals surface area contributed by atoms with Crippen molar-refractivity contribution in [2.45, 2.75) is 47.0 Å². The smallest absolute Gasteiger partial charge is 0.00169 e. The van der Waals surface area contributed by atoms with E-state index in [1.807, 2.05) is 0 Å². The van der Waals surface area contributed by atoms with Gasteiger partial charge in [0.2, 0.25) is 0 Å². The summed E-state index contributed by atoms with van der Waals surface area (Å²) in [6, 6.07) is 2.19. The van der Waals surface area contributed by atoms with E-state index in [9.17, 15) is 0 Å². The third kappa shape index (κ3) is 6.41. The minimum atomic E-state index is 1.34. The maximum absolute atomic E-state index is 2.21. The molecule has 1 heterocycles. The van der Waals surface area contributed by atoms with E-state index in [0.29, 0.717) is 0 Å². The van der Waals surface area contributed by atoms with Gasteiger partial charge in [-0.15, -0.1) is 11.3 Å². The van der Waals surface area contributed by atoms with E-state index in [2.05, 4.69) is 39.1 Å². The molecule has 0 aliphatic carbocycles. The second-order valence-corrected chi connectivity index (χ2v) is 4.20. The van der Waals surface area contributed by atoms with Gasteiger partial charge in [-0.1, -0.05) is 33.1 Å². The van der Waals surface area contributed by atoms with Crippen LogP contribution < -0.4 is 0 Å². The Kier molecular flexibility index (Phi) is 7.17. The van der Waals surface area contributed by atoms with Crippen molar-refractivity contribution in [2.75, 3.05) is 0 Å². The predicted molar refractivity (Wildman–Crippen MR) is 59.0 cm³/mol. The molecule has 0 bridgehead atoms. The van der Waals surface area contributed by atoms with E-state index in [1.54, 1.807) is 11.3 Å². The van der Waals surface area contributed by atoms with Crippen molar-refractivity contribution >= 4 is 11.3 Å². The van der Waals surface area contributed by atoms with Crippen LogP contribution in [0.5, 0.6) is 0 Å². The van der Waals surface area contributed by atoms with Gasteiger partial charge >= 0.3 is 0 Å². The normalized spacial score (nSPS) is 9.00. The SMILES string of the molecule is CCCCC.Cc1csc(C)c1. The first-order valence-corrected chi connectivity index (χ1v) is 5.60. The molecule has 0 saturated carbocycles. The van der Waals surface area contributed by atoms with Crippen molar-refractivity contribution in [3.05, 3.63) is 21.9 Å². The maximum atomic E-state index is 2.21. The quantitative estimate of drug-likeness (QED) is 0.632. The minimum Gasteiger partial charge on any atom is -0.149 e. The van der Waals surface area contributed by atoms with Crippen LogP contribution in [-0.4, -0.2) is 0 Å². The fourth-order valence-corrected chi connectivity index (χ4v) is 1.62. The van der Waals surface area contributed by atoms with E-state index in [1.165, 1.54) is 29.7 Å². The predicted octanol–water partition coefficient (Wildman–Crippen LogP) is 4.56. The molecule has 0 amide bonds. The van der Waals surface area contributed by atoms with Crippen molar-refractivity contribution in [1.29, 1.82) is 0 Å². The zero-order chi connectivity index (χ0) is 9.40. The van der Waals surface area contributed by atoms with E-state index in [4.69, 9.17) is 0 Å². The van der Waals surface area contributed by atoms with Gasteiger partial charge in [0, 0.05) is 4.88 Å². The molecule has 0 radical (unpaired) electrons. The fourth-order valence-electron chi connectivity index (χ4n) is 0.928. The molecule has 12 heavy (non-hydrogen) atoms. The highest BCUT2D eigenvalue weighted by Crippen LogP contribution is 2.10. The molecule has 1 rings (SSSR count). The molecule has 0 fully saturated rings. The van der Waals surface area contributed by atoms with Crippen LogP contribution in [0, 0.1) is 13.8 Å². The molecular formula is C11H20S. The lowest BCUT2D eigenvalue weighted by molar-refractivity contribution is 0.772. The van der Waals surface area contributed by atoms with Crippen LogP contribution in [0.4, 0.5) is 0 Å². The minimum absolute atomic E-state index is 1.34. The zero-order valence-corrected chi connectivity index (χ0v) is 9.50. The maximum Gasteiger partial charge on any atom is 0.00169 e. The lowest BCUT2D eigenvalue weighted by Gasteiger charge is -1.79. The Morgan fingerprint density at radius 2 is 1.75 bits per heavy atom. The van der Waals surface area contributed by atoms with Gasteiger partial charge in [0.05, 0.1) is 0 Å². The third-order valence-corrected chi connectivity index (χ3v) is 2.55. The standard InChI is InChI=1S/C6H8S.C5H12/c1-5-3-6(2)7-4-5;1-3-5-4-2/h3-4H,1-2H3;3-5H2,1-2H3. The second-order valence-electron chi connectivity index (χ2n) is 3.09. The first-order valence-electron chi connectivity index (χ1n) is 4.72. The highest BCUT2D eigenvalue weighted by molar-refractivity contribution is 7.10. The molecule has 0 N–H and O–H groups in total. The molecule has 0 nitrogen and oxygen atoms in total. The first-order chi connectivity index (χ1) is 5.70. The number of thiophene rings is 1. The monoisotopic (exact) mass is 184 g/mol. The topological polar surface area (TPSA) is 0 Å². The van der Waals surface area contributed by atoms with Gasteiger partial charge in [-0.2, -0.15) is 0 Å². The Balaban J connectivity index is 0.000000217. The Bertz CT molecular complexity index is 170. The van der Waals surface area contributed by atoms with Crippen LogP contribution in [0.15, 0.2) is 11.4 Å². The molecule has 0 aliphatic rings. The van der Waals surface area contributed by atoms with Crippen LogP contribution in [0.2, 0.25) is 0 Å². The summed E-state index contributed by atoms with van der Waals surface area (Å²) in [7, 11) is 0. The van der Waals surface area contributed by atoms with Crippen LogP contribution in [0.1, 0.15) is 43.6 Å². The fraction of sp³-hybridized carbons (Fsp3) is 0.636. The largest absolute Gasteiger partial charge is 0.149 e. The molecule has 1 aromatic heterocycles. The molecular weight excluding hydrogens is 164 g/mol. The van der Waals surface area contributed by atoms with E-state index < -0.39 is 0 Å². The Hall–Kier alpha value is -0.300. The van der Waals surface area contributed by atoms with E-state index in [-0.39, 0.29) is 0 Å². The Morgan fingerprint density at radius 3 is 1.83 bits per heavy atom. The van der Waals surface area contributed by atoms with Crippen LogP contribution in [-0.2, 0) is 0 Å². The summed E-state index contributed by atoms with van der Waals surface area (Å²) in [6.45, 7) is 8.66. The number of unbranched alkanes of at least 4 members (excludes halogenated alkanes) is 2. The molecule has 0 unspecified atom stereocenters. The summed E-state index contributed by atoms with van der Waals surface area (Å²) in [4.78, 5) is 1.40. The van der Waals surface area contributed by atoms with Crippen molar-refractivity contribution in [3.8, 4) is 0 Å². The number of rotatable bonds is 2. The van der Waals surface area contributed by atoms with Crippen molar-refractivity contribution < 1.29 is 0 Å². The summed E-state index contributed by atoms with van der Waals surface area (Å²) in [5.74, 6) is 0. The second kappa shape index (κ2) is 7.35. The van der Waals surface area contributed by atoms with Crippen LogP contribution >= 0.6 is 11.3 Å². The first kappa shape index (κ1) is 11.7. The van der Waals surface area contributed by atoms with Gasteiger partial charge in [-0.25, -0.2) is 0 Å². The molecule has 1 aromatic rings. The molecule has 0 spiro atoms. The summed E-state index contributed by atoms with van der Waals surface area (Å²) in [6.07, 6.45) is 4.08. The van der Waals surface area contributed by atoms with Crippen LogP contribution in [0.3, 0.4) is 0 Å². The van der Waals surface area contributed by atoms with Gasteiger partial charge < -0.3 is 0 Å². The summed E-state index contributed by atoms with van der Waals surface area (Å²) < 4.78 is 0. The number of hydrogen-bond acceptors (Lipinski definition) is 1. The average molecular weight is 184 g/mol. The van der Waals surface area contributed by atoms with Gasteiger partial charge in [0.1, 0.15) is 0 Å². The third-order valence-electron chi connectivity index (χ3n) is 1.57. The molecule has 1 heteroatoms. The highest BCUT2D eigenvalue weighted by atomic mass is 32.1. The van der Waals surface area contributed by atoms with E-state index in [0.717, 1.165) is 0 Å². The van der Waals surface area contributed by atoms with Gasteiger partial charge in [-0.05, 0) is 30.9 Å². The molecule has 0 aliphatic heterocycles. The molecule has 0 saturated heterocycles. The van der Waals surface area contributed by atoms with Gasteiger partial charge in [0.25, 0.3) is 0 Å². The Morgan fingerprint density at radius 1 is 1.17 bits per heavy atom. The molecule has 70 valence electrons. The summed E-state index contributed by atoms with van der Waals surface area (Å²) in [5, 5.41) is 2.16. The van der Waals surface area contributed by atoms with Gasteiger partial charge in [-0.3, -0.25) is 0 Å². The van der Waals surface area contributed by atoms with Gasteiger partial charge in [0.15, 0.2) is 0 Å². The number of hydrogen-bond donors (Lipinski definition) is 0. The number of aryl methyl sites for hydroxylation is 2. The molecule has 0 aromatic carbocycles. The van der Waals surface area contributed by atoms with Crippen molar-refractivity contribution in [3.63, 3.8) is 0 Å². The summed E-state index contributed by atoms with van der Waals surface area (Å²) >= 11 is 1.80. The van der Waals surface area contributed by atoms with E-state index >= 15 is 0 Å². The molecule has 0 atom stereocenters.